The minimum atomic E-state index is 0.558. The standard InChI is InChI=1S/C12H23NS/c1-12(2)6-5-9-13(10-7-12)8-3-4-11-14/h3-4,14H,5-11H2,1-2H3. The maximum absolute atomic E-state index is 4.16. The molecule has 1 aliphatic heterocycles. The molecule has 1 aliphatic rings. The van der Waals surface area contributed by atoms with E-state index in [0.29, 0.717) is 5.41 Å². The zero-order valence-electron chi connectivity index (χ0n) is 9.50. The summed E-state index contributed by atoms with van der Waals surface area (Å²) in [7, 11) is 0. The van der Waals surface area contributed by atoms with Crippen LogP contribution in [-0.2, 0) is 0 Å². The Bertz CT molecular complexity index is 187. The predicted molar refractivity (Wildman–Crippen MR) is 67.1 cm³/mol. The lowest BCUT2D eigenvalue weighted by Gasteiger charge is -2.22. The van der Waals surface area contributed by atoms with E-state index in [1.54, 1.807) is 0 Å². The van der Waals surface area contributed by atoms with Gasteiger partial charge in [0.05, 0.1) is 0 Å². The van der Waals surface area contributed by atoms with Crippen molar-refractivity contribution in [2.75, 3.05) is 25.4 Å². The molecule has 0 unspecified atom stereocenters. The molecular formula is C12H23NS. The fourth-order valence-corrected chi connectivity index (χ4v) is 2.11. The maximum Gasteiger partial charge on any atom is 0.0163 e. The van der Waals surface area contributed by atoms with Gasteiger partial charge in [-0.25, -0.2) is 0 Å². The second-order valence-electron chi connectivity index (χ2n) is 4.97. The lowest BCUT2D eigenvalue weighted by Crippen LogP contribution is -2.25. The van der Waals surface area contributed by atoms with Gasteiger partial charge in [0.15, 0.2) is 0 Å². The van der Waals surface area contributed by atoms with Gasteiger partial charge in [0.1, 0.15) is 0 Å². The highest BCUT2D eigenvalue weighted by Gasteiger charge is 2.22. The van der Waals surface area contributed by atoms with Crippen molar-refractivity contribution in [2.45, 2.75) is 33.1 Å². The summed E-state index contributed by atoms with van der Waals surface area (Å²) in [6.45, 7) is 8.40. The van der Waals surface area contributed by atoms with E-state index in [2.05, 4.69) is 43.5 Å². The zero-order valence-corrected chi connectivity index (χ0v) is 10.4. The number of nitrogens with zero attached hydrogens (tertiary/aromatic N) is 1. The van der Waals surface area contributed by atoms with Crippen LogP contribution in [0.15, 0.2) is 12.2 Å². The van der Waals surface area contributed by atoms with Crippen LogP contribution in [0.2, 0.25) is 0 Å². The van der Waals surface area contributed by atoms with Crippen molar-refractivity contribution in [3.8, 4) is 0 Å². The molecule has 1 rings (SSSR count). The second-order valence-corrected chi connectivity index (χ2v) is 5.34. The van der Waals surface area contributed by atoms with Crippen molar-refractivity contribution in [3.05, 3.63) is 12.2 Å². The van der Waals surface area contributed by atoms with Gasteiger partial charge in [-0.2, -0.15) is 12.6 Å². The third kappa shape index (κ3) is 4.52. The molecule has 0 spiro atoms. The molecule has 1 fully saturated rings. The van der Waals surface area contributed by atoms with Crippen molar-refractivity contribution < 1.29 is 0 Å². The third-order valence-corrected chi connectivity index (χ3v) is 3.28. The molecule has 0 atom stereocenters. The summed E-state index contributed by atoms with van der Waals surface area (Å²) in [6, 6.07) is 0. The minimum absolute atomic E-state index is 0.558. The summed E-state index contributed by atoms with van der Waals surface area (Å²) >= 11 is 4.16. The van der Waals surface area contributed by atoms with Gasteiger partial charge in [0.25, 0.3) is 0 Å². The summed E-state index contributed by atoms with van der Waals surface area (Å²) in [5.74, 6) is 0.860. The van der Waals surface area contributed by atoms with Crippen molar-refractivity contribution in [1.82, 2.24) is 4.90 Å². The summed E-state index contributed by atoms with van der Waals surface area (Å²) in [6.07, 6.45) is 8.44. The molecule has 0 saturated carbocycles. The zero-order chi connectivity index (χ0) is 10.4. The molecule has 1 heterocycles. The Balaban J connectivity index is 2.31. The van der Waals surface area contributed by atoms with Gasteiger partial charge in [0.2, 0.25) is 0 Å². The number of likely N-dealkylation sites (tertiary alicyclic amines) is 1. The van der Waals surface area contributed by atoms with E-state index in [9.17, 15) is 0 Å². The lowest BCUT2D eigenvalue weighted by atomic mass is 9.85. The molecule has 82 valence electrons. The molecule has 14 heavy (non-hydrogen) atoms. The first kappa shape index (κ1) is 12.1. The van der Waals surface area contributed by atoms with Crippen LogP contribution in [0, 0.1) is 5.41 Å². The van der Waals surface area contributed by atoms with Crippen molar-refractivity contribution in [2.24, 2.45) is 5.41 Å². The van der Waals surface area contributed by atoms with Crippen LogP contribution in [0.1, 0.15) is 33.1 Å². The first-order valence-electron chi connectivity index (χ1n) is 5.62. The molecule has 0 aliphatic carbocycles. The molecule has 0 amide bonds. The van der Waals surface area contributed by atoms with Crippen LogP contribution in [0.5, 0.6) is 0 Å². The molecule has 1 saturated heterocycles. The van der Waals surface area contributed by atoms with E-state index in [-0.39, 0.29) is 0 Å². The first-order valence-corrected chi connectivity index (χ1v) is 6.25. The summed E-state index contributed by atoms with van der Waals surface area (Å²) in [4.78, 5) is 2.55. The second kappa shape index (κ2) is 5.82. The highest BCUT2D eigenvalue weighted by molar-refractivity contribution is 7.80. The Hall–Kier alpha value is 0.0500. The topological polar surface area (TPSA) is 3.24 Å². The van der Waals surface area contributed by atoms with Gasteiger partial charge in [-0.05, 0) is 37.8 Å². The number of thiol groups is 1. The Morgan fingerprint density at radius 3 is 2.71 bits per heavy atom. The third-order valence-electron chi connectivity index (χ3n) is 3.07. The smallest absolute Gasteiger partial charge is 0.0163 e. The molecule has 0 aromatic carbocycles. The first-order chi connectivity index (χ1) is 6.64. The highest BCUT2D eigenvalue weighted by Crippen LogP contribution is 2.29. The SMILES string of the molecule is CC1(C)CCCN(CC=CCS)CC1. The number of hydrogen-bond acceptors (Lipinski definition) is 2. The fraction of sp³-hybridized carbons (Fsp3) is 0.833. The van der Waals surface area contributed by atoms with Crippen LogP contribution >= 0.6 is 12.6 Å². The Kier molecular flexibility index (Phi) is 5.04. The van der Waals surface area contributed by atoms with Gasteiger partial charge >= 0.3 is 0 Å². The normalized spacial score (nSPS) is 23.9. The molecule has 1 nitrogen and oxygen atoms in total. The highest BCUT2D eigenvalue weighted by atomic mass is 32.1. The van der Waals surface area contributed by atoms with Crippen molar-refractivity contribution in [1.29, 1.82) is 0 Å². The quantitative estimate of drug-likeness (QED) is 0.557. The lowest BCUT2D eigenvalue weighted by molar-refractivity contribution is 0.281. The average Bonchev–Trinajstić information content (AvgIpc) is 2.28. The van der Waals surface area contributed by atoms with Crippen molar-refractivity contribution in [3.63, 3.8) is 0 Å². The minimum Gasteiger partial charge on any atom is -0.300 e. The van der Waals surface area contributed by atoms with Crippen LogP contribution in [0.3, 0.4) is 0 Å². The van der Waals surface area contributed by atoms with E-state index in [4.69, 9.17) is 0 Å². The fourth-order valence-electron chi connectivity index (χ4n) is 1.96. The van der Waals surface area contributed by atoms with Crippen LogP contribution in [0.25, 0.3) is 0 Å². The number of rotatable bonds is 3. The molecule has 0 radical (unpaired) electrons. The predicted octanol–water partition coefficient (Wildman–Crippen LogP) is 2.98. The molecule has 0 aromatic rings. The van der Waals surface area contributed by atoms with Gasteiger partial charge in [-0.3, -0.25) is 4.90 Å². The Morgan fingerprint density at radius 2 is 2.00 bits per heavy atom. The van der Waals surface area contributed by atoms with E-state index < -0.39 is 0 Å². The molecule has 0 aromatic heterocycles. The molecule has 0 N–H and O–H groups in total. The molecule has 2 heteroatoms. The maximum atomic E-state index is 4.16. The van der Waals surface area contributed by atoms with Gasteiger partial charge in [-0.1, -0.05) is 26.0 Å². The van der Waals surface area contributed by atoms with Crippen LogP contribution < -0.4 is 0 Å². The monoisotopic (exact) mass is 213 g/mol. The van der Waals surface area contributed by atoms with Gasteiger partial charge in [0, 0.05) is 12.3 Å². The summed E-state index contributed by atoms with van der Waals surface area (Å²) in [5.41, 5.74) is 0.558. The molecule has 0 bridgehead atoms. The van der Waals surface area contributed by atoms with E-state index in [0.717, 1.165) is 12.3 Å². The largest absolute Gasteiger partial charge is 0.300 e. The Labute approximate surface area is 94.0 Å². The van der Waals surface area contributed by atoms with E-state index in [1.165, 1.54) is 32.4 Å². The number of hydrogen-bond donors (Lipinski definition) is 1. The van der Waals surface area contributed by atoms with Crippen LogP contribution in [0.4, 0.5) is 0 Å². The van der Waals surface area contributed by atoms with E-state index >= 15 is 0 Å². The molecular weight excluding hydrogens is 190 g/mol. The Morgan fingerprint density at radius 1 is 1.21 bits per heavy atom. The van der Waals surface area contributed by atoms with Crippen LogP contribution in [-0.4, -0.2) is 30.3 Å². The summed E-state index contributed by atoms with van der Waals surface area (Å²) < 4.78 is 0. The van der Waals surface area contributed by atoms with Gasteiger partial charge in [-0.15, -0.1) is 0 Å². The summed E-state index contributed by atoms with van der Waals surface area (Å²) in [5, 5.41) is 0. The van der Waals surface area contributed by atoms with Gasteiger partial charge < -0.3 is 0 Å². The average molecular weight is 213 g/mol. The van der Waals surface area contributed by atoms with Crippen molar-refractivity contribution >= 4 is 12.6 Å². The van der Waals surface area contributed by atoms with E-state index in [1.807, 2.05) is 0 Å².